The van der Waals surface area contributed by atoms with E-state index in [2.05, 4.69) is 10.6 Å². The maximum Gasteiger partial charge on any atom is 0.341 e. The van der Waals surface area contributed by atoms with Crippen molar-refractivity contribution < 1.29 is 24.0 Å². The molecule has 2 N–H and O–H groups in total. The first kappa shape index (κ1) is 23.9. The third-order valence-corrected chi connectivity index (χ3v) is 5.90. The number of carbonyl (C=O) groups is 3. The number of anilines is 2. The molecule has 9 nitrogen and oxygen atoms in total. The molecule has 3 aromatic rings. The van der Waals surface area contributed by atoms with E-state index < -0.39 is 22.7 Å². The van der Waals surface area contributed by atoms with Gasteiger partial charge in [-0.2, -0.15) is 0 Å². The van der Waals surface area contributed by atoms with Crippen LogP contribution in [0.1, 0.15) is 42.9 Å². The molecule has 0 saturated heterocycles. The van der Waals surface area contributed by atoms with E-state index in [4.69, 9.17) is 16.3 Å². The van der Waals surface area contributed by atoms with Crippen molar-refractivity contribution in [1.82, 2.24) is 0 Å². The highest BCUT2D eigenvalue weighted by molar-refractivity contribution is 7.19. The molecule has 0 unspecified atom stereocenters. The predicted molar refractivity (Wildman–Crippen MR) is 125 cm³/mol. The molecule has 2 amide bonds. The molecule has 0 aliphatic rings. The second-order valence-electron chi connectivity index (χ2n) is 6.71. The fraction of sp³-hybridized carbons (Fsp3) is 0.136. The summed E-state index contributed by atoms with van der Waals surface area (Å²) in [4.78, 5) is 48.8. The zero-order valence-corrected chi connectivity index (χ0v) is 19.1. The molecule has 0 spiro atoms. The molecule has 0 aliphatic heterocycles. The number of hydrogen-bond acceptors (Lipinski definition) is 7. The third kappa shape index (κ3) is 5.54. The second-order valence-corrected chi connectivity index (χ2v) is 8.16. The Balaban J connectivity index is 1.95. The smallest absolute Gasteiger partial charge is 0.341 e. The van der Waals surface area contributed by atoms with Gasteiger partial charge in [-0.3, -0.25) is 19.7 Å². The number of benzene rings is 2. The third-order valence-electron chi connectivity index (χ3n) is 4.46. The monoisotopic (exact) mass is 487 g/mol. The van der Waals surface area contributed by atoms with Gasteiger partial charge in [0.1, 0.15) is 5.00 Å². The molecule has 0 atom stereocenters. The summed E-state index contributed by atoms with van der Waals surface area (Å²) in [7, 11) is 0. The normalized spacial score (nSPS) is 10.4. The average molecular weight is 488 g/mol. The van der Waals surface area contributed by atoms with Crippen molar-refractivity contribution in [1.29, 1.82) is 0 Å². The number of nitro groups is 1. The fourth-order valence-electron chi connectivity index (χ4n) is 2.96. The first-order valence-electron chi connectivity index (χ1n) is 9.64. The number of thiophene rings is 1. The summed E-state index contributed by atoms with van der Waals surface area (Å²) in [6.07, 6.45) is 0. The Morgan fingerprint density at radius 1 is 1.09 bits per heavy atom. The fourth-order valence-corrected chi connectivity index (χ4v) is 4.23. The van der Waals surface area contributed by atoms with Gasteiger partial charge in [-0.05, 0) is 43.7 Å². The van der Waals surface area contributed by atoms with Gasteiger partial charge in [0.15, 0.2) is 0 Å². The van der Waals surface area contributed by atoms with Crippen molar-refractivity contribution in [2.75, 3.05) is 17.2 Å². The van der Waals surface area contributed by atoms with Crippen molar-refractivity contribution in [3.05, 3.63) is 85.2 Å². The van der Waals surface area contributed by atoms with Crippen molar-refractivity contribution in [2.45, 2.75) is 13.8 Å². The number of nitro benzene ring substituents is 1. The highest BCUT2D eigenvalue weighted by Gasteiger charge is 2.27. The molecule has 1 aromatic heterocycles. The van der Waals surface area contributed by atoms with Crippen LogP contribution in [-0.4, -0.2) is 29.3 Å². The van der Waals surface area contributed by atoms with Gasteiger partial charge in [0, 0.05) is 28.4 Å². The van der Waals surface area contributed by atoms with Crippen LogP contribution in [0.25, 0.3) is 0 Å². The Morgan fingerprint density at radius 3 is 2.48 bits per heavy atom. The van der Waals surface area contributed by atoms with E-state index in [1.54, 1.807) is 38.1 Å². The molecule has 33 heavy (non-hydrogen) atoms. The standard InChI is InChI=1S/C22H18ClN3O6S/c1-3-32-22(29)17-12(2)18(20(28)24-15-8-5-7-14(23)11-15)33-21(17)25-19(27)13-6-4-9-16(10-13)26(30)31/h4-11H,3H2,1-2H3,(H,24,28)(H,25,27). The zero-order chi connectivity index (χ0) is 24.1. The highest BCUT2D eigenvalue weighted by Crippen LogP contribution is 2.35. The van der Waals surface area contributed by atoms with E-state index in [9.17, 15) is 24.5 Å². The van der Waals surface area contributed by atoms with E-state index >= 15 is 0 Å². The zero-order valence-electron chi connectivity index (χ0n) is 17.5. The first-order valence-corrected chi connectivity index (χ1v) is 10.8. The van der Waals surface area contributed by atoms with Crippen LogP contribution < -0.4 is 10.6 Å². The van der Waals surface area contributed by atoms with Crippen molar-refractivity contribution >= 4 is 57.1 Å². The average Bonchev–Trinajstić information content (AvgIpc) is 3.09. The second kappa shape index (κ2) is 10.2. The lowest BCUT2D eigenvalue weighted by Gasteiger charge is -2.07. The van der Waals surface area contributed by atoms with Crippen LogP contribution in [0, 0.1) is 17.0 Å². The van der Waals surface area contributed by atoms with Crippen LogP contribution in [0.3, 0.4) is 0 Å². The quantitative estimate of drug-likeness (QED) is 0.264. The summed E-state index contributed by atoms with van der Waals surface area (Å²) < 4.78 is 5.09. The number of nitrogens with one attached hydrogen (secondary N) is 2. The summed E-state index contributed by atoms with van der Waals surface area (Å²) in [5, 5.41) is 16.8. The molecule has 0 radical (unpaired) electrons. The molecule has 0 fully saturated rings. The summed E-state index contributed by atoms with van der Waals surface area (Å²) in [5.41, 5.74) is 0.594. The molecular weight excluding hydrogens is 470 g/mol. The Hall–Kier alpha value is -3.76. The van der Waals surface area contributed by atoms with E-state index in [0.29, 0.717) is 16.3 Å². The molecular formula is C22H18ClN3O6S. The maximum atomic E-state index is 12.9. The van der Waals surface area contributed by atoms with Gasteiger partial charge < -0.3 is 15.4 Å². The Morgan fingerprint density at radius 2 is 1.82 bits per heavy atom. The van der Waals surface area contributed by atoms with Crippen LogP contribution in [0.2, 0.25) is 5.02 Å². The first-order chi connectivity index (χ1) is 15.7. The molecule has 2 aromatic carbocycles. The van der Waals surface area contributed by atoms with E-state index in [1.165, 1.54) is 18.2 Å². The van der Waals surface area contributed by atoms with Crippen LogP contribution in [-0.2, 0) is 4.74 Å². The minimum absolute atomic E-state index is 0.0231. The highest BCUT2D eigenvalue weighted by atomic mass is 35.5. The Labute approximate surface area is 197 Å². The van der Waals surface area contributed by atoms with Gasteiger partial charge in [0.2, 0.25) is 0 Å². The molecule has 170 valence electrons. The lowest BCUT2D eigenvalue weighted by Crippen LogP contribution is -2.15. The van der Waals surface area contributed by atoms with Crippen LogP contribution in [0.5, 0.6) is 0 Å². The summed E-state index contributed by atoms with van der Waals surface area (Å²) >= 11 is 6.85. The van der Waals surface area contributed by atoms with Crippen molar-refractivity contribution in [2.24, 2.45) is 0 Å². The summed E-state index contributed by atoms with van der Waals surface area (Å²) in [5.74, 6) is -1.88. The number of esters is 1. The predicted octanol–water partition coefficient (Wildman–Crippen LogP) is 5.30. The minimum Gasteiger partial charge on any atom is -0.462 e. The van der Waals surface area contributed by atoms with Crippen molar-refractivity contribution in [3.63, 3.8) is 0 Å². The molecule has 0 saturated carbocycles. The SMILES string of the molecule is CCOC(=O)c1c(NC(=O)c2cccc([N+](=O)[O-])c2)sc(C(=O)Nc2cccc(Cl)c2)c1C. The van der Waals surface area contributed by atoms with E-state index in [0.717, 1.165) is 17.4 Å². The van der Waals surface area contributed by atoms with Crippen LogP contribution in [0.15, 0.2) is 48.5 Å². The molecule has 1 heterocycles. The van der Waals surface area contributed by atoms with E-state index in [-0.39, 0.29) is 33.3 Å². The van der Waals surface area contributed by atoms with Gasteiger partial charge in [-0.15, -0.1) is 11.3 Å². The van der Waals surface area contributed by atoms with Crippen molar-refractivity contribution in [3.8, 4) is 0 Å². The molecule has 11 heteroatoms. The molecule has 0 bridgehead atoms. The number of ether oxygens (including phenoxy) is 1. The summed E-state index contributed by atoms with van der Waals surface area (Å²) in [6, 6.07) is 11.7. The number of nitrogens with zero attached hydrogens (tertiary/aromatic N) is 1. The Bertz CT molecular complexity index is 1260. The lowest BCUT2D eigenvalue weighted by molar-refractivity contribution is -0.384. The topological polar surface area (TPSA) is 128 Å². The number of carbonyl (C=O) groups excluding carboxylic acids is 3. The lowest BCUT2D eigenvalue weighted by atomic mass is 10.1. The summed E-state index contributed by atoms with van der Waals surface area (Å²) in [6.45, 7) is 3.29. The molecule has 0 aliphatic carbocycles. The van der Waals surface area contributed by atoms with Crippen LogP contribution >= 0.6 is 22.9 Å². The maximum absolute atomic E-state index is 12.9. The van der Waals surface area contributed by atoms with Gasteiger partial charge in [0.25, 0.3) is 17.5 Å². The van der Waals surface area contributed by atoms with Crippen LogP contribution in [0.4, 0.5) is 16.4 Å². The number of amides is 2. The number of halogens is 1. The van der Waals surface area contributed by atoms with Gasteiger partial charge in [-0.1, -0.05) is 23.7 Å². The molecule has 3 rings (SSSR count). The van der Waals surface area contributed by atoms with Gasteiger partial charge >= 0.3 is 5.97 Å². The van der Waals surface area contributed by atoms with Gasteiger partial charge in [0.05, 0.1) is 22.0 Å². The van der Waals surface area contributed by atoms with Gasteiger partial charge in [-0.25, -0.2) is 4.79 Å². The number of non-ortho nitro benzene ring substituents is 1. The van der Waals surface area contributed by atoms with E-state index in [1.807, 2.05) is 0 Å². The minimum atomic E-state index is -0.706. The Kier molecular flexibility index (Phi) is 7.41. The largest absolute Gasteiger partial charge is 0.462 e. The number of hydrogen-bond donors (Lipinski definition) is 2. The number of rotatable bonds is 7.